The van der Waals surface area contributed by atoms with E-state index < -0.39 is 70.6 Å². The number of nitriles is 1. The summed E-state index contributed by atoms with van der Waals surface area (Å²) >= 11 is 0. The van der Waals surface area contributed by atoms with Gasteiger partial charge < -0.3 is 56.4 Å². The highest BCUT2D eigenvalue weighted by Crippen LogP contribution is 2.46. The molecule has 11 N–H and O–H groups in total. The first-order valence-corrected chi connectivity index (χ1v) is 9.08. The molecule has 1 saturated heterocycles. The highest BCUT2D eigenvalue weighted by molar-refractivity contribution is 5.80. The Hall–Kier alpha value is -3.33. The fraction of sp³-hybridized carbons (Fsp3) is 0.562. The van der Waals surface area contributed by atoms with Crippen LogP contribution in [0.3, 0.4) is 0 Å². The van der Waals surface area contributed by atoms with E-state index in [9.17, 15) is 50.4 Å². The Labute approximate surface area is 179 Å². The van der Waals surface area contributed by atoms with E-state index in [-0.39, 0.29) is 11.4 Å². The minimum absolute atomic E-state index is 0.186. The maximum atomic E-state index is 12.3. The summed E-state index contributed by atoms with van der Waals surface area (Å²) in [7, 11) is 1.10. The van der Waals surface area contributed by atoms with Gasteiger partial charge in [-0.05, 0) is 0 Å². The van der Waals surface area contributed by atoms with Crippen molar-refractivity contribution in [1.29, 1.82) is 5.26 Å². The number of likely N-dealkylation sites (N-methyl/N-ethyl adjacent to an activating group) is 1. The molecule has 176 valence electrons. The summed E-state index contributed by atoms with van der Waals surface area (Å²) in [4.78, 5) is 24.7. The number of nitrogens with one attached hydrogen (secondary N) is 3. The molecular formula is C16H22N6O10. The van der Waals surface area contributed by atoms with Gasteiger partial charge in [0.1, 0.15) is 24.4 Å². The molecule has 0 aliphatic carbocycles. The number of urea groups is 1. The predicted octanol–water partition coefficient (Wildman–Crippen LogP) is -4.62. The Bertz CT molecular complexity index is 967. The number of hydrogen-bond acceptors (Lipinski definition) is 13. The van der Waals surface area contributed by atoms with Gasteiger partial charge in [-0.2, -0.15) is 5.26 Å². The van der Waals surface area contributed by atoms with E-state index in [1.807, 2.05) is 0 Å². The van der Waals surface area contributed by atoms with E-state index in [0.717, 1.165) is 18.9 Å². The summed E-state index contributed by atoms with van der Waals surface area (Å²) in [6.45, 7) is 0.974. The van der Waals surface area contributed by atoms with E-state index in [0.29, 0.717) is 0 Å². The molecule has 0 saturated carbocycles. The molecule has 3 heterocycles. The Kier molecular flexibility index (Phi) is 5.17. The summed E-state index contributed by atoms with van der Waals surface area (Å²) in [5, 5.41) is 98.7. The first-order valence-electron chi connectivity index (χ1n) is 9.08. The molecule has 16 nitrogen and oxygen atoms in total. The van der Waals surface area contributed by atoms with Crippen LogP contribution < -0.4 is 16.0 Å². The van der Waals surface area contributed by atoms with Crippen molar-refractivity contribution in [3.05, 3.63) is 23.0 Å². The van der Waals surface area contributed by atoms with Gasteiger partial charge in [-0.3, -0.25) is 10.1 Å². The Balaban J connectivity index is 2.18. The second-order valence-corrected chi connectivity index (χ2v) is 7.59. The van der Waals surface area contributed by atoms with Crippen LogP contribution in [0, 0.1) is 17.2 Å². The molecule has 32 heavy (non-hydrogen) atoms. The van der Waals surface area contributed by atoms with Gasteiger partial charge in [-0.1, -0.05) is 6.92 Å². The van der Waals surface area contributed by atoms with Crippen molar-refractivity contribution in [3.63, 3.8) is 0 Å². The average Bonchev–Trinajstić information content (AvgIpc) is 2.93. The summed E-state index contributed by atoms with van der Waals surface area (Å²) in [6, 6.07) is -1.50. The molecular weight excluding hydrogens is 436 g/mol. The molecule has 0 aromatic rings. The van der Waals surface area contributed by atoms with Gasteiger partial charge in [-0.15, -0.1) is 0 Å². The topological polar surface area (TPSA) is 262 Å². The van der Waals surface area contributed by atoms with Crippen LogP contribution in [-0.2, 0) is 4.79 Å². The summed E-state index contributed by atoms with van der Waals surface area (Å²) in [5.41, 5.74) is -0.186. The van der Waals surface area contributed by atoms with Crippen LogP contribution in [-0.4, -0.2) is 99.5 Å². The normalized spacial score (nSPS) is 30.0. The van der Waals surface area contributed by atoms with Crippen molar-refractivity contribution in [1.82, 2.24) is 25.8 Å². The molecule has 3 rings (SSSR count). The number of amides is 3. The zero-order valence-corrected chi connectivity index (χ0v) is 16.7. The average molecular weight is 458 g/mol. The van der Waals surface area contributed by atoms with Crippen LogP contribution in [0.25, 0.3) is 0 Å². The molecule has 3 amide bonds. The lowest BCUT2D eigenvalue weighted by molar-refractivity contribution is -0.501. The number of aliphatic hydroxyl groups is 8. The first kappa shape index (κ1) is 23.3. The quantitative estimate of drug-likeness (QED) is 0.178. The zero-order chi connectivity index (χ0) is 24.4. The minimum Gasteiger partial charge on any atom is -0.503 e. The second kappa shape index (κ2) is 7.09. The molecule has 3 unspecified atom stereocenters. The number of aliphatic hydroxyl groups excluding tert-OH is 2. The predicted molar refractivity (Wildman–Crippen MR) is 97.2 cm³/mol. The van der Waals surface area contributed by atoms with Gasteiger partial charge in [0.05, 0.1) is 11.6 Å². The van der Waals surface area contributed by atoms with Gasteiger partial charge in [0.2, 0.25) is 17.6 Å². The number of fused-ring (bicyclic) bond motifs is 1. The molecule has 16 heteroatoms. The van der Waals surface area contributed by atoms with Crippen molar-refractivity contribution < 1.29 is 50.4 Å². The van der Waals surface area contributed by atoms with E-state index in [4.69, 9.17) is 5.26 Å². The summed E-state index contributed by atoms with van der Waals surface area (Å²) in [5.74, 6) is -16.3. The fourth-order valence-electron chi connectivity index (χ4n) is 4.14. The van der Waals surface area contributed by atoms with Gasteiger partial charge in [0.25, 0.3) is 5.91 Å². The zero-order valence-electron chi connectivity index (χ0n) is 16.7. The maximum absolute atomic E-state index is 12.3. The molecule has 0 spiro atoms. The standard InChI is InChI=1S/C16H22N6O10/c1-5-9(15(29,30)22(6(23)3-4-17)16(31,32)14(5,27)28)21(2)11-7-8(24)12(25)18-10(7)19-13(26)20-11/h5,9-10,18,24-25,27-32H,3H2,1-2H3,(H2,19,20,26). The molecule has 3 atom stereocenters. The number of carbonyl (C=O) groups is 2. The lowest BCUT2D eigenvalue weighted by Crippen LogP contribution is -2.84. The SMILES string of the molecule is CC1C(N(C)C2=C3C(O)=C(O)NC3NC(=O)N2)C(O)(O)N(C(=O)CC#N)C(O)(O)C1(O)O. The molecule has 0 bridgehead atoms. The molecule has 3 aliphatic heterocycles. The Morgan fingerprint density at radius 2 is 1.78 bits per heavy atom. The van der Waals surface area contributed by atoms with Gasteiger partial charge in [0, 0.05) is 13.0 Å². The van der Waals surface area contributed by atoms with Crippen molar-refractivity contribution in [3.8, 4) is 6.07 Å². The van der Waals surface area contributed by atoms with E-state index in [1.54, 1.807) is 0 Å². The Morgan fingerprint density at radius 3 is 2.34 bits per heavy atom. The first-order chi connectivity index (χ1) is 14.6. The lowest BCUT2D eigenvalue weighted by Gasteiger charge is -2.59. The number of carbonyl (C=O) groups excluding carboxylic acids is 2. The highest BCUT2D eigenvalue weighted by Gasteiger charge is 2.72. The van der Waals surface area contributed by atoms with Crippen LogP contribution in [0.2, 0.25) is 0 Å². The molecule has 1 fully saturated rings. The number of nitrogens with zero attached hydrogens (tertiary/aromatic N) is 3. The maximum Gasteiger partial charge on any atom is 0.322 e. The molecule has 0 aromatic heterocycles. The number of hydrogen-bond donors (Lipinski definition) is 11. The van der Waals surface area contributed by atoms with Crippen molar-refractivity contribution >= 4 is 11.9 Å². The van der Waals surface area contributed by atoms with Crippen molar-refractivity contribution in [2.24, 2.45) is 5.92 Å². The summed E-state index contributed by atoms with van der Waals surface area (Å²) in [6.07, 6.45) is -2.25. The van der Waals surface area contributed by atoms with Crippen molar-refractivity contribution in [2.75, 3.05) is 7.05 Å². The van der Waals surface area contributed by atoms with E-state index >= 15 is 0 Å². The molecule has 3 aliphatic rings. The van der Waals surface area contributed by atoms with Crippen LogP contribution in [0.5, 0.6) is 0 Å². The van der Waals surface area contributed by atoms with Gasteiger partial charge in [-0.25, -0.2) is 9.69 Å². The lowest BCUT2D eigenvalue weighted by atomic mass is 9.80. The highest BCUT2D eigenvalue weighted by atomic mass is 16.6. The van der Waals surface area contributed by atoms with E-state index in [1.165, 1.54) is 6.07 Å². The second-order valence-electron chi connectivity index (χ2n) is 7.59. The minimum atomic E-state index is -3.95. The number of likely N-dealkylation sites (tertiary alicyclic amines) is 1. The fourth-order valence-corrected chi connectivity index (χ4v) is 4.14. The number of piperidine rings is 1. The van der Waals surface area contributed by atoms with Crippen LogP contribution in [0.4, 0.5) is 4.79 Å². The van der Waals surface area contributed by atoms with Crippen molar-refractivity contribution in [2.45, 2.75) is 43.2 Å². The van der Waals surface area contributed by atoms with E-state index in [2.05, 4.69) is 16.0 Å². The third kappa shape index (κ3) is 2.99. The van der Waals surface area contributed by atoms with Crippen LogP contribution in [0.1, 0.15) is 13.3 Å². The number of rotatable bonds is 3. The largest absolute Gasteiger partial charge is 0.503 e. The smallest absolute Gasteiger partial charge is 0.322 e. The molecule has 0 radical (unpaired) electrons. The third-order valence-electron chi connectivity index (χ3n) is 5.70. The van der Waals surface area contributed by atoms with Crippen LogP contribution in [0.15, 0.2) is 23.0 Å². The van der Waals surface area contributed by atoms with Gasteiger partial charge >= 0.3 is 11.9 Å². The third-order valence-corrected chi connectivity index (χ3v) is 5.70. The van der Waals surface area contributed by atoms with Gasteiger partial charge in [0.15, 0.2) is 5.76 Å². The molecule has 0 aromatic carbocycles. The Morgan fingerprint density at radius 1 is 1.19 bits per heavy atom. The van der Waals surface area contributed by atoms with Crippen LogP contribution >= 0.6 is 0 Å². The monoisotopic (exact) mass is 458 g/mol. The summed E-state index contributed by atoms with van der Waals surface area (Å²) < 4.78 is 0.